The summed E-state index contributed by atoms with van der Waals surface area (Å²) in [5.41, 5.74) is 8.13. The molecule has 2 amide bonds. The number of rotatable bonds is 5. The Hall–Kier alpha value is -3.46. The van der Waals surface area contributed by atoms with Crippen LogP contribution in [0.3, 0.4) is 0 Å². The molecule has 0 radical (unpaired) electrons. The lowest BCUT2D eigenvalue weighted by Gasteiger charge is -2.14. The van der Waals surface area contributed by atoms with Crippen LogP contribution in [-0.2, 0) is 11.3 Å². The van der Waals surface area contributed by atoms with Gasteiger partial charge in [-0.25, -0.2) is 0 Å². The molecule has 8 nitrogen and oxygen atoms in total. The summed E-state index contributed by atoms with van der Waals surface area (Å²) in [6, 6.07) is 14.8. The molecule has 0 aliphatic heterocycles. The van der Waals surface area contributed by atoms with Gasteiger partial charge in [0.05, 0.1) is 0 Å². The first-order valence-corrected chi connectivity index (χ1v) is 9.35. The number of H-pyrrole nitrogens is 1. The Labute approximate surface area is 173 Å². The number of nitrogens with zero attached hydrogens (tertiary/aromatic N) is 3. The van der Waals surface area contributed by atoms with Crippen molar-refractivity contribution in [3.63, 3.8) is 0 Å². The molecule has 0 atom stereocenters. The maximum Gasteiger partial charge on any atom is 0.269 e. The monoisotopic (exact) mass is 410 g/mol. The van der Waals surface area contributed by atoms with Crippen molar-refractivity contribution in [1.82, 2.24) is 25.6 Å². The lowest BCUT2D eigenvalue weighted by atomic mass is 10.1. The number of nitrogens with one attached hydrogen (secondary N) is 3. The fraction of sp³-hybridized carbons (Fsp3) is 0.200. The van der Waals surface area contributed by atoms with Gasteiger partial charge in [0.25, 0.3) is 11.8 Å². The van der Waals surface area contributed by atoms with E-state index in [1.165, 1.54) is 0 Å². The van der Waals surface area contributed by atoms with E-state index in [1.54, 1.807) is 22.8 Å². The molecule has 29 heavy (non-hydrogen) atoms. The summed E-state index contributed by atoms with van der Waals surface area (Å²) < 4.78 is 1.90. The minimum Gasteiger partial charge on any atom is -0.378 e. The Morgan fingerprint density at radius 2 is 1.86 bits per heavy atom. The second-order valence-corrected chi connectivity index (χ2v) is 7.14. The number of aromatic amines is 1. The highest BCUT2D eigenvalue weighted by molar-refractivity contribution is 7.71. The SMILES string of the molecule is Cc1ccc(-c2n[nH]c(=S)n2CC(=O)NNC(=O)c2cccc(N(C)C)c2)cc1. The van der Waals surface area contributed by atoms with Crippen molar-refractivity contribution < 1.29 is 9.59 Å². The minimum absolute atomic E-state index is 0.0867. The lowest BCUT2D eigenvalue weighted by Crippen LogP contribution is -2.43. The van der Waals surface area contributed by atoms with Crippen molar-refractivity contribution in [2.75, 3.05) is 19.0 Å². The van der Waals surface area contributed by atoms with Crippen LogP contribution in [0.5, 0.6) is 0 Å². The summed E-state index contributed by atoms with van der Waals surface area (Å²) >= 11 is 5.24. The van der Waals surface area contributed by atoms with Gasteiger partial charge in [0.15, 0.2) is 10.6 Å². The van der Waals surface area contributed by atoms with Gasteiger partial charge >= 0.3 is 0 Å². The zero-order valence-electron chi connectivity index (χ0n) is 16.4. The molecule has 0 aliphatic rings. The van der Waals surface area contributed by atoms with E-state index >= 15 is 0 Å². The highest BCUT2D eigenvalue weighted by Gasteiger charge is 2.14. The third kappa shape index (κ3) is 4.88. The number of anilines is 1. The minimum atomic E-state index is -0.423. The highest BCUT2D eigenvalue weighted by Crippen LogP contribution is 2.18. The van der Waals surface area contributed by atoms with E-state index in [1.807, 2.05) is 56.3 Å². The van der Waals surface area contributed by atoms with Crippen LogP contribution < -0.4 is 15.8 Å². The largest absolute Gasteiger partial charge is 0.378 e. The van der Waals surface area contributed by atoms with Gasteiger partial charge in [0.1, 0.15) is 6.54 Å². The van der Waals surface area contributed by atoms with Crippen LogP contribution in [0.1, 0.15) is 15.9 Å². The molecule has 0 fully saturated rings. The molecule has 150 valence electrons. The molecule has 2 aromatic carbocycles. The molecule has 0 saturated carbocycles. The van der Waals surface area contributed by atoms with Gasteiger partial charge in [-0.05, 0) is 37.3 Å². The van der Waals surface area contributed by atoms with E-state index in [4.69, 9.17) is 12.2 Å². The van der Waals surface area contributed by atoms with Gasteiger partial charge < -0.3 is 4.90 Å². The van der Waals surface area contributed by atoms with Crippen LogP contribution in [0.25, 0.3) is 11.4 Å². The molecule has 0 bridgehead atoms. The highest BCUT2D eigenvalue weighted by atomic mass is 32.1. The summed E-state index contributed by atoms with van der Waals surface area (Å²) in [4.78, 5) is 26.6. The van der Waals surface area contributed by atoms with E-state index in [0.29, 0.717) is 16.2 Å². The average molecular weight is 411 g/mol. The molecule has 3 N–H and O–H groups in total. The van der Waals surface area contributed by atoms with E-state index in [0.717, 1.165) is 16.8 Å². The second kappa shape index (κ2) is 8.70. The van der Waals surface area contributed by atoms with E-state index < -0.39 is 11.8 Å². The number of carbonyl (C=O) groups is 2. The molecule has 3 aromatic rings. The zero-order valence-corrected chi connectivity index (χ0v) is 17.2. The van der Waals surface area contributed by atoms with Crippen LogP contribution in [0.15, 0.2) is 48.5 Å². The number of hydrogen-bond donors (Lipinski definition) is 3. The Balaban J connectivity index is 1.67. The predicted molar refractivity (Wildman–Crippen MR) is 114 cm³/mol. The van der Waals surface area contributed by atoms with E-state index in [-0.39, 0.29) is 6.54 Å². The standard InChI is InChI=1S/C20H22N6O2S/c1-13-7-9-14(10-8-13)18-22-24-20(29)26(18)12-17(27)21-23-19(28)15-5-4-6-16(11-15)25(2)3/h4-11H,12H2,1-3H3,(H,21,27)(H,23,28)(H,24,29). The normalized spacial score (nSPS) is 10.4. The van der Waals surface area contributed by atoms with Crippen molar-refractivity contribution in [3.8, 4) is 11.4 Å². The van der Waals surface area contributed by atoms with Crippen LogP contribution in [0.2, 0.25) is 0 Å². The van der Waals surface area contributed by atoms with E-state index in [2.05, 4.69) is 21.0 Å². The average Bonchev–Trinajstić information content (AvgIpc) is 3.07. The van der Waals surface area contributed by atoms with Gasteiger partial charge in [-0.2, -0.15) is 5.10 Å². The Morgan fingerprint density at radius 3 is 2.55 bits per heavy atom. The second-order valence-electron chi connectivity index (χ2n) is 6.75. The van der Waals surface area contributed by atoms with Crippen molar-refractivity contribution in [3.05, 3.63) is 64.4 Å². The number of benzene rings is 2. The van der Waals surface area contributed by atoms with E-state index in [9.17, 15) is 9.59 Å². The smallest absolute Gasteiger partial charge is 0.269 e. The molecular formula is C20H22N6O2S. The Bertz CT molecular complexity index is 1080. The summed E-state index contributed by atoms with van der Waals surface area (Å²) in [5.74, 6) is -0.278. The van der Waals surface area contributed by atoms with Crippen molar-refractivity contribution in [2.45, 2.75) is 13.5 Å². The molecule has 0 unspecified atom stereocenters. The molecule has 0 spiro atoms. The Morgan fingerprint density at radius 1 is 1.14 bits per heavy atom. The molecular weight excluding hydrogens is 388 g/mol. The summed E-state index contributed by atoms with van der Waals surface area (Å²) in [6.07, 6.45) is 0. The summed E-state index contributed by atoms with van der Waals surface area (Å²) in [7, 11) is 3.78. The number of aromatic nitrogens is 3. The van der Waals surface area contributed by atoms with Crippen molar-refractivity contribution >= 4 is 29.7 Å². The number of carbonyl (C=O) groups excluding carboxylic acids is 2. The predicted octanol–water partition coefficient (Wildman–Crippen LogP) is 2.44. The molecule has 0 saturated heterocycles. The molecule has 1 heterocycles. The molecule has 1 aromatic heterocycles. The van der Waals surface area contributed by atoms with Crippen LogP contribution in [0.4, 0.5) is 5.69 Å². The van der Waals surface area contributed by atoms with Crippen LogP contribution in [-0.4, -0.2) is 40.7 Å². The summed E-state index contributed by atoms with van der Waals surface area (Å²) in [6.45, 7) is 1.90. The van der Waals surface area contributed by atoms with Gasteiger partial charge in [-0.15, -0.1) is 0 Å². The fourth-order valence-corrected chi connectivity index (χ4v) is 2.89. The van der Waals surface area contributed by atoms with Crippen molar-refractivity contribution in [1.29, 1.82) is 0 Å². The van der Waals surface area contributed by atoms with Gasteiger partial charge in [0, 0.05) is 30.9 Å². The number of hydrazine groups is 1. The fourth-order valence-electron chi connectivity index (χ4n) is 2.69. The molecule has 9 heteroatoms. The van der Waals surface area contributed by atoms with Gasteiger partial charge in [-0.3, -0.25) is 30.1 Å². The number of aryl methyl sites for hydroxylation is 1. The van der Waals surface area contributed by atoms with Crippen LogP contribution in [0, 0.1) is 11.7 Å². The number of hydrogen-bond acceptors (Lipinski definition) is 5. The lowest BCUT2D eigenvalue weighted by molar-refractivity contribution is -0.122. The molecule has 0 aliphatic carbocycles. The first-order valence-electron chi connectivity index (χ1n) is 8.94. The first-order chi connectivity index (χ1) is 13.8. The van der Waals surface area contributed by atoms with Gasteiger partial charge in [-0.1, -0.05) is 35.9 Å². The maximum atomic E-state index is 12.4. The number of amides is 2. The first kappa shape index (κ1) is 20.3. The Kier molecular flexibility index (Phi) is 6.08. The van der Waals surface area contributed by atoms with Gasteiger partial charge in [0.2, 0.25) is 0 Å². The third-order valence-electron chi connectivity index (χ3n) is 4.31. The molecule has 3 rings (SSSR count). The summed E-state index contributed by atoms with van der Waals surface area (Å²) in [5, 5.41) is 6.92. The maximum absolute atomic E-state index is 12.4. The zero-order chi connectivity index (χ0) is 21.0. The quantitative estimate of drug-likeness (QED) is 0.444. The van der Waals surface area contributed by atoms with Crippen LogP contribution >= 0.6 is 12.2 Å². The third-order valence-corrected chi connectivity index (χ3v) is 4.62. The van der Waals surface area contributed by atoms with Crippen molar-refractivity contribution in [2.24, 2.45) is 0 Å². The topological polar surface area (TPSA) is 95.0 Å².